The lowest BCUT2D eigenvalue weighted by Gasteiger charge is -2.10. The Morgan fingerprint density at radius 2 is 2.07 bits per heavy atom. The Morgan fingerprint density at radius 3 is 2.57 bits per heavy atom. The molecule has 0 amide bonds. The van der Waals surface area contributed by atoms with Gasteiger partial charge in [0.05, 0.1) is 6.61 Å². The van der Waals surface area contributed by atoms with Gasteiger partial charge in [-0.25, -0.2) is 4.79 Å². The molecule has 1 atom stereocenters. The fourth-order valence-corrected chi connectivity index (χ4v) is 1.16. The van der Waals surface area contributed by atoms with Gasteiger partial charge in [0.25, 0.3) is 0 Å². The molecule has 1 rings (SSSR count). The zero-order chi connectivity index (χ0) is 10.6. The summed E-state index contributed by atoms with van der Waals surface area (Å²) >= 11 is 5.70. The van der Waals surface area contributed by atoms with E-state index in [0.29, 0.717) is 17.2 Å². The Kier molecular flexibility index (Phi) is 3.92. The van der Waals surface area contributed by atoms with Gasteiger partial charge < -0.3 is 10.5 Å². The second-order valence-electron chi connectivity index (χ2n) is 2.78. The molecule has 1 aromatic rings. The van der Waals surface area contributed by atoms with Crippen molar-refractivity contribution in [2.45, 2.75) is 13.0 Å². The minimum atomic E-state index is -0.729. The normalized spacial score (nSPS) is 12.2. The predicted octanol–water partition coefficient (Wildman–Crippen LogP) is 1.90. The van der Waals surface area contributed by atoms with Crippen molar-refractivity contribution in [3.8, 4) is 0 Å². The molecule has 2 N–H and O–H groups in total. The number of carbonyl (C=O) groups excluding carboxylic acids is 1. The maximum Gasteiger partial charge on any atom is 0.327 e. The highest BCUT2D eigenvalue weighted by atomic mass is 35.5. The summed E-state index contributed by atoms with van der Waals surface area (Å²) in [5.74, 6) is -0.421. The van der Waals surface area contributed by atoms with E-state index >= 15 is 0 Å². The molecule has 0 bridgehead atoms. The number of rotatable bonds is 3. The van der Waals surface area contributed by atoms with Crippen molar-refractivity contribution in [3.05, 3.63) is 34.9 Å². The first-order chi connectivity index (χ1) is 6.65. The fourth-order valence-electron chi connectivity index (χ4n) is 1.04. The van der Waals surface area contributed by atoms with Gasteiger partial charge >= 0.3 is 5.97 Å². The molecule has 0 radical (unpaired) electrons. The molecule has 0 fully saturated rings. The van der Waals surface area contributed by atoms with Crippen LogP contribution in [-0.4, -0.2) is 12.6 Å². The van der Waals surface area contributed by atoms with E-state index in [1.165, 1.54) is 0 Å². The minimum Gasteiger partial charge on any atom is -0.465 e. The number of nitrogens with two attached hydrogens (primary N) is 1. The van der Waals surface area contributed by atoms with Gasteiger partial charge in [-0.05, 0) is 24.6 Å². The van der Waals surface area contributed by atoms with Gasteiger partial charge in [-0.1, -0.05) is 23.7 Å². The van der Waals surface area contributed by atoms with Crippen LogP contribution in [0.1, 0.15) is 18.5 Å². The smallest absolute Gasteiger partial charge is 0.327 e. The Hall–Kier alpha value is -1.06. The zero-order valence-corrected chi connectivity index (χ0v) is 8.62. The van der Waals surface area contributed by atoms with Crippen molar-refractivity contribution in [3.63, 3.8) is 0 Å². The fraction of sp³-hybridized carbons (Fsp3) is 0.300. The molecule has 1 aromatic carbocycles. The van der Waals surface area contributed by atoms with E-state index in [0.717, 1.165) is 0 Å². The lowest BCUT2D eigenvalue weighted by Crippen LogP contribution is -2.23. The molecule has 14 heavy (non-hydrogen) atoms. The van der Waals surface area contributed by atoms with Crippen LogP contribution in [0.5, 0.6) is 0 Å². The average molecular weight is 214 g/mol. The molecule has 0 saturated heterocycles. The number of hydrogen-bond donors (Lipinski definition) is 1. The molecular formula is C10H12ClNO2. The summed E-state index contributed by atoms with van der Waals surface area (Å²) in [5, 5.41) is 0.616. The van der Waals surface area contributed by atoms with E-state index in [9.17, 15) is 4.79 Å². The SMILES string of the molecule is CCOC(=O)[C@@H](N)c1ccc(Cl)cc1. The molecule has 4 heteroatoms. The molecule has 0 spiro atoms. The summed E-state index contributed by atoms with van der Waals surface area (Å²) in [6, 6.07) is 6.08. The van der Waals surface area contributed by atoms with Crippen LogP contribution in [0.4, 0.5) is 0 Å². The highest BCUT2D eigenvalue weighted by molar-refractivity contribution is 6.30. The summed E-state index contributed by atoms with van der Waals surface area (Å²) in [5.41, 5.74) is 6.36. The molecule has 3 nitrogen and oxygen atoms in total. The van der Waals surface area contributed by atoms with Gasteiger partial charge in [0.1, 0.15) is 6.04 Å². The first-order valence-electron chi connectivity index (χ1n) is 4.33. The van der Waals surface area contributed by atoms with Crippen LogP contribution in [0.15, 0.2) is 24.3 Å². The lowest BCUT2D eigenvalue weighted by atomic mass is 10.1. The van der Waals surface area contributed by atoms with Gasteiger partial charge in [0.2, 0.25) is 0 Å². The van der Waals surface area contributed by atoms with E-state index < -0.39 is 12.0 Å². The molecule has 0 heterocycles. The molecule has 0 aromatic heterocycles. The quantitative estimate of drug-likeness (QED) is 0.781. The van der Waals surface area contributed by atoms with Crippen molar-refractivity contribution in [1.82, 2.24) is 0 Å². The lowest BCUT2D eigenvalue weighted by molar-refractivity contribution is -0.144. The van der Waals surface area contributed by atoms with Crippen LogP contribution < -0.4 is 5.73 Å². The first kappa shape index (κ1) is 11.0. The Labute approximate surface area is 87.8 Å². The number of ether oxygens (including phenoxy) is 1. The third-order valence-electron chi connectivity index (χ3n) is 1.77. The van der Waals surface area contributed by atoms with E-state index in [2.05, 4.69) is 0 Å². The maximum absolute atomic E-state index is 11.2. The molecule has 76 valence electrons. The largest absolute Gasteiger partial charge is 0.465 e. The summed E-state index contributed by atoms with van der Waals surface area (Å²) in [4.78, 5) is 11.2. The van der Waals surface area contributed by atoms with Crippen molar-refractivity contribution in [1.29, 1.82) is 0 Å². The molecule has 0 unspecified atom stereocenters. The zero-order valence-electron chi connectivity index (χ0n) is 7.87. The van der Waals surface area contributed by atoms with Gasteiger partial charge in [-0.15, -0.1) is 0 Å². The second kappa shape index (κ2) is 4.98. The third-order valence-corrected chi connectivity index (χ3v) is 2.02. The minimum absolute atomic E-state index is 0.333. The molecular weight excluding hydrogens is 202 g/mol. The number of esters is 1. The Morgan fingerprint density at radius 1 is 1.50 bits per heavy atom. The number of benzene rings is 1. The van der Waals surface area contributed by atoms with Crippen LogP contribution in [0.3, 0.4) is 0 Å². The average Bonchev–Trinajstić information content (AvgIpc) is 2.18. The van der Waals surface area contributed by atoms with Gasteiger partial charge in [0.15, 0.2) is 0 Å². The second-order valence-corrected chi connectivity index (χ2v) is 3.22. The van der Waals surface area contributed by atoms with Crippen molar-refractivity contribution >= 4 is 17.6 Å². The van der Waals surface area contributed by atoms with Gasteiger partial charge in [-0.2, -0.15) is 0 Å². The molecule has 0 aliphatic heterocycles. The van der Waals surface area contributed by atoms with Crippen molar-refractivity contribution in [2.24, 2.45) is 5.73 Å². The van der Waals surface area contributed by atoms with Crippen LogP contribution >= 0.6 is 11.6 Å². The summed E-state index contributed by atoms with van der Waals surface area (Å²) in [6.45, 7) is 2.08. The highest BCUT2D eigenvalue weighted by Gasteiger charge is 2.16. The van der Waals surface area contributed by atoms with Crippen molar-refractivity contribution in [2.75, 3.05) is 6.61 Å². The Bertz CT molecular complexity index is 310. The van der Waals surface area contributed by atoms with Gasteiger partial charge in [0, 0.05) is 5.02 Å². The summed E-state index contributed by atoms with van der Waals surface area (Å²) in [6.07, 6.45) is 0. The van der Waals surface area contributed by atoms with Crippen LogP contribution in [0.25, 0.3) is 0 Å². The molecule has 0 aliphatic rings. The van der Waals surface area contributed by atoms with Crippen LogP contribution in [-0.2, 0) is 9.53 Å². The van der Waals surface area contributed by atoms with Crippen molar-refractivity contribution < 1.29 is 9.53 Å². The third kappa shape index (κ3) is 2.72. The topological polar surface area (TPSA) is 52.3 Å². The number of halogens is 1. The van der Waals surface area contributed by atoms with E-state index in [4.69, 9.17) is 22.1 Å². The molecule has 0 saturated carbocycles. The van der Waals surface area contributed by atoms with E-state index in [1.807, 2.05) is 0 Å². The van der Waals surface area contributed by atoms with E-state index in [1.54, 1.807) is 31.2 Å². The maximum atomic E-state index is 11.2. The predicted molar refractivity (Wildman–Crippen MR) is 55.0 cm³/mol. The first-order valence-corrected chi connectivity index (χ1v) is 4.70. The van der Waals surface area contributed by atoms with E-state index in [-0.39, 0.29) is 0 Å². The summed E-state index contributed by atoms with van der Waals surface area (Å²) < 4.78 is 4.79. The van der Waals surface area contributed by atoms with Crippen LogP contribution in [0, 0.1) is 0 Å². The highest BCUT2D eigenvalue weighted by Crippen LogP contribution is 2.15. The number of hydrogen-bond acceptors (Lipinski definition) is 3. The van der Waals surface area contributed by atoms with Crippen LogP contribution in [0.2, 0.25) is 5.02 Å². The number of carbonyl (C=O) groups is 1. The Balaban J connectivity index is 2.73. The standard InChI is InChI=1S/C10H12ClNO2/c1-2-14-10(13)9(12)7-3-5-8(11)6-4-7/h3-6,9H,2,12H2,1H3/t9-/m0/s1. The van der Waals surface area contributed by atoms with Gasteiger partial charge in [-0.3, -0.25) is 0 Å². The molecule has 0 aliphatic carbocycles. The summed E-state index contributed by atoms with van der Waals surface area (Å²) in [7, 11) is 0. The monoisotopic (exact) mass is 213 g/mol.